The Morgan fingerprint density at radius 3 is 2.37 bits per heavy atom. The van der Waals surface area contributed by atoms with Gasteiger partial charge in [-0.15, -0.1) is 10.2 Å². The van der Waals surface area contributed by atoms with Gasteiger partial charge in [0.25, 0.3) is 5.89 Å². The number of rotatable bonds is 8. The molecular formula is C23H22ClF4N5O4S. The molecule has 2 aromatic carbocycles. The molecule has 1 amide bonds. The third-order valence-corrected chi connectivity index (χ3v) is 7.52. The van der Waals surface area contributed by atoms with Crippen LogP contribution in [0.15, 0.2) is 40.8 Å². The summed E-state index contributed by atoms with van der Waals surface area (Å²) >= 11 is 5.92. The SMILES string of the molecule is CS(=O)(=O)N1CCN(CC(=O)N(Cc2ccc(-c3nnc(C(F)F)o3)cc2F)c2ccc(F)c(Cl)c2)CC1. The summed E-state index contributed by atoms with van der Waals surface area (Å²) in [6, 6.07) is 7.39. The van der Waals surface area contributed by atoms with Crippen LogP contribution < -0.4 is 4.90 Å². The smallest absolute Gasteiger partial charge is 0.314 e. The zero-order valence-corrected chi connectivity index (χ0v) is 21.5. The molecule has 0 atom stereocenters. The summed E-state index contributed by atoms with van der Waals surface area (Å²) < 4.78 is 84.0. The van der Waals surface area contributed by atoms with Gasteiger partial charge in [-0.3, -0.25) is 9.69 Å². The van der Waals surface area contributed by atoms with Gasteiger partial charge in [-0.05, 0) is 30.3 Å². The van der Waals surface area contributed by atoms with E-state index in [1.54, 1.807) is 4.90 Å². The molecule has 204 valence electrons. The van der Waals surface area contributed by atoms with E-state index < -0.39 is 39.9 Å². The Hall–Kier alpha value is -3.07. The summed E-state index contributed by atoms with van der Waals surface area (Å²) in [6.07, 6.45) is -1.86. The molecule has 1 aromatic heterocycles. The number of hydrogen-bond donors (Lipinski definition) is 0. The summed E-state index contributed by atoms with van der Waals surface area (Å²) in [7, 11) is -3.35. The van der Waals surface area contributed by atoms with Gasteiger partial charge in [-0.25, -0.2) is 17.2 Å². The lowest BCUT2D eigenvalue weighted by Crippen LogP contribution is -2.51. The van der Waals surface area contributed by atoms with E-state index in [2.05, 4.69) is 10.2 Å². The summed E-state index contributed by atoms with van der Waals surface area (Å²) in [5, 5.41) is 6.48. The molecule has 1 fully saturated rings. The third kappa shape index (κ3) is 6.49. The van der Waals surface area contributed by atoms with Crippen molar-refractivity contribution in [3.63, 3.8) is 0 Å². The highest BCUT2D eigenvalue weighted by Gasteiger charge is 2.27. The summed E-state index contributed by atoms with van der Waals surface area (Å²) in [5.74, 6) is -3.11. The molecule has 3 aromatic rings. The predicted molar refractivity (Wildman–Crippen MR) is 130 cm³/mol. The summed E-state index contributed by atoms with van der Waals surface area (Å²) in [5.41, 5.74) is 0.355. The molecule has 1 saturated heterocycles. The fraction of sp³-hybridized carbons (Fsp3) is 0.348. The molecule has 0 aliphatic carbocycles. The average molecular weight is 576 g/mol. The van der Waals surface area contributed by atoms with Crippen LogP contribution in [0.4, 0.5) is 23.2 Å². The predicted octanol–water partition coefficient (Wildman–Crippen LogP) is 3.72. The number of aromatic nitrogens is 2. The van der Waals surface area contributed by atoms with Crippen molar-refractivity contribution in [2.45, 2.75) is 13.0 Å². The van der Waals surface area contributed by atoms with E-state index in [1.807, 2.05) is 0 Å². The Labute approximate surface area is 220 Å². The van der Waals surface area contributed by atoms with E-state index in [0.717, 1.165) is 18.4 Å². The van der Waals surface area contributed by atoms with Crippen molar-refractivity contribution in [1.29, 1.82) is 0 Å². The number of carbonyl (C=O) groups excluding carboxylic acids is 1. The van der Waals surface area contributed by atoms with Crippen molar-refractivity contribution in [2.24, 2.45) is 0 Å². The molecule has 0 N–H and O–H groups in total. The fourth-order valence-corrected chi connectivity index (χ4v) is 4.89. The molecule has 0 spiro atoms. The molecule has 9 nitrogen and oxygen atoms in total. The fourth-order valence-electron chi connectivity index (χ4n) is 3.89. The van der Waals surface area contributed by atoms with E-state index in [0.29, 0.717) is 13.1 Å². The minimum absolute atomic E-state index is 0.0668. The van der Waals surface area contributed by atoms with Gasteiger partial charge < -0.3 is 9.32 Å². The van der Waals surface area contributed by atoms with Gasteiger partial charge in [-0.2, -0.15) is 13.1 Å². The maximum Gasteiger partial charge on any atom is 0.314 e. The number of halogens is 5. The lowest BCUT2D eigenvalue weighted by Gasteiger charge is -2.34. The van der Waals surface area contributed by atoms with Crippen LogP contribution in [-0.4, -0.2) is 72.7 Å². The van der Waals surface area contributed by atoms with Gasteiger partial charge in [0, 0.05) is 43.0 Å². The normalized spacial score (nSPS) is 15.2. The first-order valence-electron chi connectivity index (χ1n) is 11.3. The highest BCUT2D eigenvalue weighted by molar-refractivity contribution is 7.88. The lowest BCUT2D eigenvalue weighted by molar-refractivity contribution is -0.120. The van der Waals surface area contributed by atoms with E-state index in [4.69, 9.17) is 16.0 Å². The van der Waals surface area contributed by atoms with Crippen molar-refractivity contribution < 1.29 is 35.2 Å². The largest absolute Gasteiger partial charge is 0.415 e. The maximum absolute atomic E-state index is 15.1. The van der Waals surface area contributed by atoms with E-state index in [1.165, 1.54) is 33.5 Å². The number of amides is 1. The minimum Gasteiger partial charge on any atom is -0.415 e. The number of piperazine rings is 1. The van der Waals surface area contributed by atoms with Gasteiger partial charge in [0.2, 0.25) is 21.8 Å². The first-order valence-corrected chi connectivity index (χ1v) is 13.5. The first-order chi connectivity index (χ1) is 17.9. The second kappa shape index (κ2) is 11.4. The summed E-state index contributed by atoms with van der Waals surface area (Å²) in [4.78, 5) is 16.3. The van der Waals surface area contributed by atoms with Gasteiger partial charge >= 0.3 is 6.43 Å². The molecule has 0 unspecified atom stereocenters. The number of alkyl halides is 2. The Balaban J connectivity index is 1.55. The zero-order valence-electron chi connectivity index (χ0n) is 20.0. The number of sulfonamides is 1. The second-order valence-electron chi connectivity index (χ2n) is 8.57. The Morgan fingerprint density at radius 1 is 1.08 bits per heavy atom. The Morgan fingerprint density at radius 2 is 1.79 bits per heavy atom. The molecular weight excluding hydrogens is 554 g/mol. The van der Waals surface area contributed by atoms with E-state index in [9.17, 15) is 26.4 Å². The zero-order chi connectivity index (χ0) is 27.6. The Kier molecular flexibility index (Phi) is 8.35. The topological polar surface area (TPSA) is 99.9 Å². The summed E-state index contributed by atoms with van der Waals surface area (Å²) in [6.45, 7) is 0.684. The number of benzene rings is 2. The molecule has 4 rings (SSSR count). The van der Waals surface area contributed by atoms with Crippen LogP contribution in [-0.2, 0) is 21.4 Å². The van der Waals surface area contributed by atoms with Crippen LogP contribution in [0.5, 0.6) is 0 Å². The molecule has 0 radical (unpaired) electrons. The van der Waals surface area contributed by atoms with Gasteiger partial charge in [0.15, 0.2) is 0 Å². The van der Waals surface area contributed by atoms with Crippen molar-refractivity contribution in [1.82, 2.24) is 19.4 Å². The van der Waals surface area contributed by atoms with Crippen LogP contribution in [0.3, 0.4) is 0 Å². The van der Waals surface area contributed by atoms with Crippen molar-refractivity contribution in [3.05, 3.63) is 64.5 Å². The van der Waals surface area contributed by atoms with Crippen LogP contribution in [0.25, 0.3) is 11.5 Å². The molecule has 15 heteroatoms. The maximum atomic E-state index is 15.1. The third-order valence-electron chi connectivity index (χ3n) is 5.93. The number of hydrogen-bond acceptors (Lipinski definition) is 7. The lowest BCUT2D eigenvalue weighted by atomic mass is 10.1. The van der Waals surface area contributed by atoms with Crippen molar-refractivity contribution >= 4 is 33.2 Å². The standard InChI is InChI=1S/C23H22ClF4N5O4S/c1-38(35,36)32-8-6-31(7-9-32)13-20(34)33(16-4-5-18(25)17(24)11-16)12-15-3-2-14(10-19(15)26)22-29-30-23(37-22)21(27)28/h2-5,10-11,21H,6-9,12-13H2,1H3. The first kappa shape index (κ1) is 28.0. The van der Waals surface area contributed by atoms with Crippen LogP contribution in [0.2, 0.25) is 5.02 Å². The van der Waals surface area contributed by atoms with Crippen LogP contribution in [0, 0.1) is 11.6 Å². The van der Waals surface area contributed by atoms with Gasteiger partial charge in [0.1, 0.15) is 11.6 Å². The molecule has 1 aliphatic heterocycles. The molecule has 0 saturated carbocycles. The van der Waals surface area contributed by atoms with E-state index in [-0.39, 0.29) is 53.9 Å². The Bertz CT molecular complexity index is 1430. The van der Waals surface area contributed by atoms with Crippen LogP contribution >= 0.6 is 11.6 Å². The quantitative estimate of drug-likeness (QED) is 0.378. The van der Waals surface area contributed by atoms with Gasteiger partial charge in [0.05, 0.1) is 24.4 Å². The number of anilines is 1. The molecule has 1 aliphatic rings. The molecule has 2 heterocycles. The number of carbonyl (C=O) groups is 1. The number of nitrogens with zero attached hydrogens (tertiary/aromatic N) is 5. The second-order valence-corrected chi connectivity index (χ2v) is 11.0. The van der Waals surface area contributed by atoms with Gasteiger partial charge in [-0.1, -0.05) is 17.7 Å². The highest BCUT2D eigenvalue weighted by atomic mass is 35.5. The average Bonchev–Trinajstić information content (AvgIpc) is 3.36. The van der Waals surface area contributed by atoms with Crippen molar-refractivity contribution in [3.8, 4) is 11.5 Å². The van der Waals surface area contributed by atoms with E-state index >= 15 is 4.39 Å². The monoisotopic (exact) mass is 575 g/mol. The highest BCUT2D eigenvalue weighted by Crippen LogP contribution is 2.28. The van der Waals surface area contributed by atoms with Crippen LogP contribution in [0.1, 0.15) is 17.9 Å². The molecule has 0 bridgehead atoms. The molecule has 38 heavy (non-hydrogen) atoms. The minimum atomic E-state index is -3.35. The van der Waals surface area contributed by atoms with Crippen molar-refractivity contribution in [2.75, 3.05) is 43.9 Å².